The second-order valence-corrected chi connectivity index (χ2v) is 6.11. The van der Waals surface area contributed by atoms with Crippen molar-refractivity contribution in [2.45, 2.75) is 50.2 Å². The van der Waals surface area contributed by atoms with Gasteiger partial charge in [0, 0.05) is 12.1 Å². The van der Waals surface area contributed by atoms with Crippen LogP contribution in [0.4, 0.5) is 0 Å². The summed E-state index contributed by atoms with van der Waals surface area (Å²) in [6.45, 7) is 1.57. The monoisotopic (exact) mass is 269 g/mol. The molecule has 106 valence electrons. The molecule has 0 bridgehead atoms. The Labute approximate surface area is 121 Å². The highest BCUT2D eigenvalue weighted by molar-refractivity contribution is 5.37. The van der Waals surface area contributed by atoms with Gasteiger partial charge in [0.2, 0.25) is 0 Å². The zero-order valence-corrected chi connectivity index (χ0v) is 12.0. The lowest BCUT2D eigenvalue weighted by molar-refractivity contribution is 0.0569. The summed E-state index contributed by atoms with van der Waals surface area (Å²) in [4.78, 5) is 2.45. The van der Waals surface area contributed by atoms with Crippen LogP contribution in [0, 0.1) is 12.3 Å². The van der Waals surface area contributed by atoms with Crippen molar-refractivity contribution in [3.05, 3.63) is 35.4 Å². The van der Waals surface area contributed by atoms with Gasteiger partial charge in [-0.25, -0.2) is 0 Å². The highest BCUT2D eigenvalue weighted by Gasteiger charge is 2.42. The molecule has 1 aromatic rings. The Bertz CT molecular complexity index is 510. The van der Waals surface area contributed by atoms with Crippen LogP contribution in [0.5, 0.6) is 0 Å². The number of fused-ring (bicyclic) bond motifs is 2. The highest BCUT2D eigenvalue weighted by atomic mass is 16.3. The fraction of sp³-hybridized carbons (Fsp3) is 0.556. The van der Waals surface area contributed by atoms with E-state index in [9.17, 15) is 5.11 Å². The Balaban J connectivity index is 2.12. The number of benzene rings is 1. The van der Waals surface area contributed by atoms with Crippen LogP contribution < -0.4 is 0 Å². The van der Waals surface area contributed by atoms with Gasteiger partial charge in [-0.2, -0.15) is 0 Å². The number of hydrogen-bond donors (Lipinski definition) is 1. The zero-order chi connectivity index (χ0) is 14.0. The topological polar surface area (TPSA) is 23.5 Å². The summed E-state index contributed by atoms with van der Waals surface area (Å²) < 4.78 is 0. The van der Waals surface area contributed by atoms with E-state index in [0.29, 0.717) is 6.54 Å². The minimum Gasteiger partial charge on any atom is -0.388 e. The first kappa shape index (κ1) is 13.7. The number of aliphatic hydroxyl groups excluding tert-OH is 1. The van der Waals surface area contributed by atoms with Crippen molar-refractivity contribution in [1.29, 1.82) is 0 Å². The fourth-order valence-corrected chi connectivity index (χ4v) is 4.09. The second-order valence-electron chi connectivity index (χ2n) is 6.11. The van der Waals surface area contributed by atoms with Gasteiger partial charge < -0.3 is 5.11 Å². The lowest BCUT2D eigenvalue weighted by Gasteiger charge is -2.46. The molecule has 1 fully saturated rings. The van der Waals surface area contributed by atoms with Gasteiger partial charge in [0.05, 0.1) is 12.6 Å². The molecule has 1 N–H and O–H groups in total. The van der Waals surface area contributed by atoms with Gasteiger partial charge in [-0.15, -0.1) is 6.42 Å². The van der Waals surface area contributed by atoms with Crippen LogP contribution in [-0.2, 0) is 5.54 Å². The summed E-state index contributed by atoms with van der Waals surface area (Å²) in [5, 5.41) is 10.5. The largest absolute Gasteiger partial charge is 0.388 e. The summed E-state index contributed by atoms with van der Waals surface area (Å²) in [7, 11) is 0. The lowest BCUT2D eigenvalue weighted by Crippen LogP contribution is -2.47. The third-order valence-electron chi connectivity index (χ3n) is 5.06. The molecule has 0 radical (unpaired) electrons. The van der Waals surface area contributed by atoms with E-state index in [4.69, 9.17) is 6.42 Å². The molecular weight excluding hydrogens is 246 g/mol. The molecule has 1 unspecified atom stereocenters. The molecule has 3 rings (SSSR count). The predicted molar refractivity (Wildman–Crippen MR) is 81.2 cm³/mol. The summed E-state index contributed by atoms with van der Waals surface area (Å²) in [5.74, 6) is 2.83. The van der Waals surface area contributed by atoms with Crippen molar-refractivity contribution in [3.63, 3.8) is 0 Å². The van der Waals surface area contributed by atoms with Crippen LogP contribution in [0.2, 0.25) is 0 Å². The van der Waals surface area contributed by atoms with Crippen LogP contribution in [-0.4, -0.2) is 23.1 Å². The molecule has 1 spiro atoms. The summed E-state index contributed by atoms with van der Waals surface area (Å²) >= 11 is 0. The Hall–Kier alpha value is -1.30. The molecule has 2 heteroatoms. The quantitative estimate of drug-likeness (QED) is 0.791. The third-order valence-corrected chi connectivity index (χ3v) is 5.06. The molecule has 2 aliphatic rings. The van der Waals surface area contributed by atoms with Gasteiger partial charge in [0.25, 0.3) is 0 Å². The fourth-order valence-electron chi connectivity index (χ4n) is 4.09. The maximum absolute atomic E-state index is 10.5. The lowest BCUT2D eigenvalue weighted by atomic mass is 9.74. The summed E-state index contributed by atoms with van der Waals surface area (Å²) in [6.07, 6.45) is 12.2. The van der Waals surface area contributed by atoms with Gasteiger partial charge in [0.1, 0.15) is 0 Å². The SMILES string of the molecule is C#CCN1CCC(O)c2ccccc2C12CCCCC2. The average molecular weight is 269 g/mol. The first-order valence-electron chi connectivity index (χ1n) is 7.74. The van der Waals surface area contributed by atoms with Crippen molar-refractivity contribution < 1.29 is 5.11 Å². The third kappa shape index (κ3) is 2.16. The average Bonchev–Trinajstić information content (AvgIpc) is 2.61. The van der Waals surface area contributed by atoms with Crippen molar-refractivity contribution >= 4 is 0 Å². The molecule has 1 aromatic carbocycles. The second kappa shape index (κ2) is 5.60. The summed E-state index contributed by atoms with van der Waals surface area (Å²) in [5.41, 5.74) is 2.49. The van der Waals surface area contributed by atoms with Crippen molar-refractivity contribution in [2.24, 2.45) is 0 Å². The van der Waals surface area contributed by atoms with Crippen molar-refractivity contribution in [1.82, 2.24) is 4.90 Å². The van der Waals surface area contributed by atoms with E-state index >= 15 is 0 Å². The minimum atomic E-state index is -0.354. The molecular formula is C18H23NO. The van der Waals surface area contributed by atoms with Crippen LogP contribution in [0.25, 0.3) is 0 Å². The molecule has 20 heavy (non-hydrogen) atoms. The van der Waals surface area contributed by atoms with Crippen LogP contribution in [0.15, 0.2) is 24.3 Å². The highest BCUT2D eigenvalue weighted by Crippen LogP contribution is 2.47. The van der Waals surface area contributed by atoms with Crippen LogP contribution >= 0.6 is 0 Å². The van der Waals surface area contributed by atoms with E-state index in [1.165, 1.54) is 37.7 Å². The Morgan fingerprint density at radius 2 is 2.00 bits per heavy atom. The smallest absolute Gasteiger partial charge is 0.0805 e. The normalized spacial score (nSPS) is 25.7. The van der Waals surface area contributed by atoms with E-state index in [1.807, 2.05) is 6.07 Å². The van der Waals surface area contributed by atoms with E-state index in [-0.39, 0.29) is 11.6 Å². The standard InChI is InChI=1S/C18H23NO/c1-2-13-19-14-10-17(20)15-8-4-5-9-16(15)18(19)11-6-3-7-12-18/h1,4-5,8-9,17,20H,3,6-7,10-14H2. The molecule has 0 saturated heterocycles. The number of hydrogen-bond acceptors (Lipinski definition) is 2. The molecule has 0 amide bonds. The van der Waals surface area contributed by atoms with Gasteiger partial charge in [-0.05, 0) is 30.4 Å². The van der Waals surface area contributed by atoms with E-state index in [1.54, 1.807) is 0 Å². The van der Waals surface area contributed by atoms with E-state index in [2.05, 4.69) is 29.0 Å². The maximum atomic E-state index is 10.5. The number of nitrogens with zero attached hydrogens (tertiary/aromatic N) is 1. The van der Waals surface area contributed by atoms with Gasteiger partial charge in [-0.1, -0.05) is 49.4 Å². The van der Waals surface area contributed by atoms with Crippen molar-refractivity contribution in [2.75, 3.05) is 13.1 Å². The predicted octanol–water partition coefficient (Wildman–Crippen LogP) is 3.22. The molecule has 1 aliphatic heterocycles. The van der Waals surface area contributed by atoms with Gasteiger partial charge in [-0.3, -0.25) is 4.90 Å². The molecule has 1 aliphatic carbocycles. The first-order chi connectivity index (χ1) is 9.78. The van der Waals surface area contributed by atoms with Crippen molar-refractivity contribution in [3.8, 4) is 12.3 Å². The number of terminal acetylenes is 1. The minimum absolute atomic E-state index is 0.0543. The van der Waals surface area contributed by atoms with E-state index in [0.717, 1.165) is 18.5 Å². The number of rotatable bonds is 1. The Kier molecular flexibility index (Phi) is 3.83. The van der Waals surface area contributed by atoms with E-state index < -0.39 is 0 Å². The van der Waals surface area contributed by atoms with Gasteiger partial charge >= 0.3 is 0 Å². The van der Waals surface area contributed by atoms with Crippen LogP contribution in [0.1, 0.15) is 55.8 Å². The first-order valence-corrected chi connectivity index (χ1v) is 7.74. The summed E-state index contributed by atoms with van der Waals surface area (Å²) in [6, 6.07) is 8.44. The molecule has 2 nitrogen and oxygen atoms in total. The van der Waals surface area contributed by atoms with Gasteiger partial charge in [0.15, 0.2) is 0 Å². The Morgan fingerprint density at radius 3 is 2.75 bits per heavy atom. The molecule has 1 atom stereocenters. The molecule has 1 heterocycles. The number of aliphatic hydroxyl groups is 1. The Morgan fingerprint density at radius 1 is 1.25 bits per heavy atom. The van der Waals surface area contributed by atoms with Crippen LogP contribution in [0.3, 0.4) is 0 Å². The molecule has 1 saturated carbocycles. The maximum Gasteiger partial charge on any atom is 0.0805 e. The molecule has 0 aromatic heterocycles. The zero-order valence-electron chi connectivity index (χ0n) is 12.0.